The average Bonchev–Trinajstić information content (AvgIpc) is 2.07. The highest BCUT2D eigenvalue weighted by atomic mass is 16.1. The molecule has 0 aromatic carbocycles. The van der Waals surface area contributed by atoms with Crippen molar-refractivity contribution >= 4 is 5.78 Å². The second kappa shape index (κ2) is 2.80. The van der Waals surface area contributed by atoms with E-state index in [2.05, 4.69) is 13.8 Å². The van der Waals surface area contributed by atoms with E-state index < -0.39 is 0 Å². The van der Waals surface area contributed by atoms with Gasteiger partial charge in [0.2, 0.25) is 0 Å². The maximum atomic E-state index is 11.3. The molecule has 0 N–H and O–H groups in total. The van der Waals surface area contributed by atoms with Crippen LogP contribution in [0.4, 0.5) is 0 Å². The summed E-state index contributed by atoms with van der Waals surface area (Å²) in [6, 6.07) is 0. The molecule has 62 valence electrons. The molecule has 1 saturated carbocycles. The fourth-order valence-corrected chi connectivity index (χ4v) is 1.79. The van der Waals surface area contributed by atoms with Gasteiger partial charge in [-0.2, -0.15) is 0 Å². The van der Waals surface area contributed by atoms with Gasteiger partial charge in [-0.15, -0.1) is 0 Å². The summed E-state index contributed by atoms with van der Waals surface area (Å²) in [5.41, 5.74) is 0.237. The molecule has 0 aromatic rings. The zero-order valence-corrected chi connectivity index (χ0v) is 7.55. The maximum absolute atomic E-state index is 11.3. The summed E-state index contributed by atoms with van der Waals surface area (Å²) in [7, 11) is 0. The van der Waals surface area contributed by atoms with E-state index in [1.165, 1.54) is 0 Å². The first-order valence-electron chi connectivity index (χ1n) is 4.21. The van der Waals surface area contributed by atoms with Gasteiger partial charge in [0.25, 0.3) is 0 Å². The molecule has 0 bridgehead atoms. The molecule has 0 aliphatic heterocycles. The van der Waals surface area contributed by atoms with E-state index in [9.17, 15) is 4.79 Å². The van der Waals surface area contributed by atoms with Crippen molar-refractivity contribution in [1.82, 2.24) is 0 Å². The van der Waals surface area contributed by atoms with E-state index in [0.29, 0.717) is 5.78 Å². The Morgan fingerprint density at radius 3 is 2.55 bits per heavy atom. The third-order valence-electron chi connectivity index (χ3n) is 2.26. The van der Waals surface area contributed by atoms with Crippen LogP contribution in [-0.2, 0) is 4.79 Å². The van der Waals surface area contributed by atoms with Crippen LogP contribution in [0.25, 0.3) is 0 Å². The Hall–Kier alpha value is -0.590. The van der Waals surface area contributed by atoms with Crippen molar-refractivity contribution in [2.45, 2.75) is 33.6 Å². The lowest BCUT2D eigenvalue weighted by atomic mass is 9.90. The zero-order chi connectivity index (χ0) is 8.48. The number of Topliss-reactive ketones (excluding diaryl/α,β-unsaturated/α-hetero) is 1. The first kappa shape index (κ1) is 8.51. The lowest BCUT2D eigenvalue weighted by Crippen LogP contribution is -2.04. The molecule has 0 aromatic heterocycles. The molecule has 1 fully saturated rings. The van der Waals surface area contributed by atoms with Gasteiger partial charge in [-0.25, -0.2) is 0 Å². The van der Waals surface area contributed by atoms with Crippen LogP contribution in [0.3, 0.4) is 0 Å². The lowest BCUT2D eigenvalue weighted by molar-refractivity contribution is -0.119. The molecule has 1 rings (SSSR count). The Balaban J connectivity index is 2.66. The van der Waals surface area contributed by atoms with Crippen LogP contribution in [0, 0.1) is 11.3 Å². The van der Waals surface area contributed by atoms with Gasteiger partial charge in [-0.3, -0.25) is 4.79 Å². The lowest BCUT2D eigenvalue weighted by Gasteiger charge is -2.13. The second-order valence-electron chi connectivity index (χ2n) is 4.14. The number of carbonyl (C=O) groups excluding carboxylic acids is 1. The number of ketones is 1. The van der Waals surface area contributed by atoms with Gasteiger partial charge < -0.3 is 0 Å². The molecule has 1 aliphatic carbocycles. The molecule has 1 nitrogen and oxygen atoms in total. The van der Waals surface area contributed by atoms with Gasteiger partial charge in [0.15, 0.2) is 0 Å². The minimum absolute atomic E-state index is 0.204. The van der Waals surface area contributed by atoms with Crippen LogP contribution >= 0.6 is 0 Å². The Morgan fingerprint density at radius 1 is 1.55 bits per heavy atom. The van der Waals surface area contributed by atoms with Crippen LogP contribution in [0.5, 0.6) is 0 Å². The minimum Gasteiger partial charge on any atom is -0.299 e. The zero-order valence-electron chi connectivity index (χ0n) is 7.55. The van der Waals surface area contributed by atoms with Crippen LogP contribution in [-0.4, -0.2) is 5.78 Å². The highest BCUT2D eigenvalue weighted by Crippen LogP contribution is 2.38. The van der Waals surface area contributed by atoms with Crippen molar-refractivity contribution in [3.63, 3.8) is 0 Å². The SMILES string of the molecule is CC=CC1CC(C)(C)CC1=O. The summed E-state index contributed by atoms with van der Waals surface area (Å²) in [6.07, 6.45) is 5.78. The number of hydrogen-bond donors (Lipinski definition) is 0. The maximum Gasteiger partial charge on any atom is 0.140 e. The highest BCUT2D eigenvalue weighted by molar-refractivity contribution is 5.85. The summed E-state index contributed by atoms with van der Waals surface area (Å²) < 4.78 is 0. The van der Waals surface area contributed by atoms with E-state index in [1.54, 1.807) is 0 Å². The predicted molar refractivity (Wildman–Crippen MR) is 46.3 cm³/mol. The highest BCUT2D eigenvalue weighted by Gasteiger charge is 2.35. The third kappa shape index (κ3) is 1.92. The number of allylic oxidation sites excluding steroid dienone is 2. The normalized spacial score (nSPS) is 30.1. The molecular weight excluding hydrogens is 136 g/mol. The molecule has 0 amide bonds. The van der Waals surface area contributed by atoms with Gasteiger partial charge in [-0.05, 0) is 18.8 Å². The van der Waals surface area contributed by atoms with E-state index in [4.69, 9.17) is 0 Å². The summed E-state index contributed by atoms with van der Waals surface area (Å²) in [5.74, 6) is 0.614. The Labute approximate surface area is 68.5 Å². The van der Waals surface area contributed by atoms with E-state index in [-0.39, 0.29) is 11.3 Å². The Kier molecular flexibility index (Phi) is 2.17. The van der Waals surface area contributed by atoms with Crippen molar-refractivity contribution in [3.05, 3.63) is 12.2 Å². The second-order valence-corrected chi connectivity index (χ2v) is 4.14. The van der Waals surface area contributed by atoms with E-state index >= 15 is 0 Å². The first-order chi connectivity index (χ1) is 5.05. The first-order valence-corrected chi connectivity index (χ1v) is 4.21. The summed E-state index contributed by atoms with van der Waals surface area (Å²) in [6.45, 7) is 6.29. The molecule has 1 unspecified atom stereocenters. The Morgan fingerprint density at radius 2 is 2.18 bits per heavy atom. The predicted octanol–water partition coefficient (Wildman–Crippen LogP) is 2.57. The molecule has 1 aliphatic rings. The van der Waals surface area contributed by atoms with Crippen molar-refractivity contribution < 1.29 is 4.79 Å². The van der Waals surface area contributed by atoms with Crippen LogP contribution in [0.15, 0.2) is 12.2 Å². The van der Waals surface area contributed by atoms with Gasteiger partial charge >= 0.3 is 0 Å². The molecule has 0 saturated heterocycles. The van der Waals surface area contributed by atoms with Crippen LogP contribution < -0.4 is 0 Å². The molecule has 0 heterocycles. The summed E-state index contributed by atoms with van der Waals surface area (Å²) >= 11 is 0. The van der Waals surface area contributed by atoms with Crippen molar-refractivity contribution in [2.75, 3.05) is 0 Å². The number of rotatable bonds is 1. The average molecular weight is 152 g/mol. The van der Waals surface area contributed by atoms with E-state index in [0.717, 1.165) is 12.8 Å². The third-order valence-corrected chi connectivity index (χ3v) is 2.26. The fraction of sp³-hybridized carbons (Fsp3) is 0.700. The molecule has 1 atom stereocenters. The standard InChI is InChI=1S/C10H16O/c1-4-5-8-6-10(2,3)7-9(8)11/h4-5,8H,6-7H2,1-3H3. The monoisotopic (exact) mass is 152 g/mol. The summed E-state index contributed by atoms with van der Waals surface area (Å²) in [4.78, 5) is 11.3. The van der Waals surface area contributed by atoms with Crippen LogP contribution in [0.2, 0.25) is 0 Å². The largest absolute Gasteiger partial charge is 0.299 e. The van der Waals surface area contributed by atoms with Gasteiger partial charge in [-0.1, -0.05) is 26.0 Å². The molecule has 11 heavy (non-hydrogen) atoms. The number of carbonyl (C=O) groups is 1. The van der Waals surface area contributed by atoms with Gasteiger partial charge in [0.05, 0.1) is 0 Å². The molecular formula is C10H16O. The summed E-state index contributed by atoms with van der Waals surface area (Å²) in [5, 5.41) is 0. The number of hydrogen-bond acceptors (Lipinski definition) is 1. The molecule has 1 heteroatoms. The minimum atomic E-state index is 0.204. The van der Waals surface area contributed by atoms with Crippen molar-refractivity contribution in [2.24, 2.45) is 11.3 Å². The smallest absolute Gasteiger partial charge is 0.140 e. The fourth-order valence-electron chi connectivity index (χ4n) is 1.79. The van der Waals surface area contributed by atoms with E-state index in [1.807, 2.05) is 19.1 Å². The van der Waals surface area contributed by atoms with Gasteiger partial charge in [0.1, 0.15) is 5.78 Å². The Bertz CT molecular complexity index is 189. The van der Waals surface area contributed by atoms with Crippen LogP contribution in [0.1, 0.15) is 33.6 Å². The molecule has 0 radical (unpaired) electrons. The van der Waals surface area contributed by atoms with Crippen molar-refractivity contribution in [3.8, 4) is 0 Å². The van der Waals surface area contributed by atoms with Crippen molar-refractivity contribution in [1.29, 1.82) is 0 Å². The van der Waals surface area contributed by atoms with Gasteiger partial charge in [0, 0.05) is 12.3 Å². The molecule has 0 spiro atoms. The quantitative estimate of drug-likeness (QED) is 0.528. The topological polar surface area (TPSA) is 17.1 Å².